The van der Waals surface area contributed by atoms with Crippen molar-refractivity contribution < 1.29 is 9.53 Å². The van der Waals surface area contributed by atoms with E-state index in [-0.39, 0.29) is 5.78 Å². The lowest BCUT2D eigenvalue weighted by molar-refractivity contribution is 0.103. The van der Waals surface area contributed by atoms with Gasteiger partial charge in [0.2, 0.25) is 5.78 Å². The molecule has 2 heterocycles. The van der Waals surface area contributed by atoms with Crippen LogP contribution in [0.3, 0.4) is 0 Å². The van der Waals surface area contributed by atoms with Crippen LogP contribution in [-0.2, 0) is 6.61 Å². The Balaban J connectivity index is 2.22. The zero-order valence-electron chi connectivity index (χ0n) is 8.51. The highest BCUT2D eigenvalue weighted by Crippen LogP contribution is 2.26. The Morgan fingerprint density at radius 3 is 2.94 bits per heavy atom. The molecule has 0 saturated heterocycles. The van der Waals surface area contributed by atoms with Gasteiger partial charge in [0.1, 0.15) is 12.4 Å². The maximum absolute atomic E-state index is 12.2. The third-order valence-corrected chi connectivity index (χ3v) is 2.63. The van der Waals surface area contributed by atoms with Gasteiger partial charge in [-0.15, -0.1) is 0 Å². The lowest BCUT2D eigenvalue weighted by atomic mass is 10.0. The van der Waals surface area contributed by atoms with E-state index in [1.54, 1.807) is 18.3 Å². The van der Waals surface area contributed by atoms with Crippen molar-refractivity contribution in [3.63, 3.8) is 0 Å². The van der Waals surface area contributed by atoms with Crippen LogP contribution in [0.5, 0.6) is 5.75 Å². The number of pyridine rings is 1. The molecule has 0 bridgehead atoms. The van der Waals surface area contributed by atoms with Gasteiger partial charge in [-0.05, 0) is 12.1 Å². The summed E-state index contributed by atoms with van der Waals surface area (Å²) in [5.74, 6) is 0.493. The Morgan fingerprint density at radius 2 is 2.00 bits per heavy atom. The fourth-order valence-corrected chi connectivity index (χ4v) is 1.83. The van der Waals surface area contributed by atoms with Crippen LogP contribution in [0.4, 0.5) is 0 Å². The van der Waals surface area contributed by atoms with Crippen LogP contribution >= 0.6 is 0 Å². The summed E-state index contributed by atoms with van der Waals surface area (Å²) >= 11 is 0. The van der Waals surface area contributed by atoms with Gasteiger partial charge in [-0.25, -0.2) is 4.98 Å². The SMILES string of the molecule is O=C1c2ccccc2COc2cccnc21. The van der Waals surface area contributed by atoms with Crippen molar-refractivity contribution in [3.05, 3.63) is 59.4 Å². The van der Waals surface area contributed by atoms with Gasteiger partial charge in [0, 0.05) is 17.3 Å². The quantitative estimate of drug-likeness (QED) is 0.670. The number of carbonyl (C=O) groups is 1. The minimum atomic E-state index is -0.0660. The molecule has 1 aliphatic heterocycles. The molecule has 3 heteroatoms. The molecule has 0 aliphatic carbocycles. The van der Waals surface area contributed by atoms with Gasteiger partial charge >= 0.3 is 0 Å². The van der Waals surface area contributed by atoms with Gasteiger partial charge < -0.3 is 4.74 Å². The van der Waals surface area contributed by atoms with Crippen LogP contribution in [0.2, 0.25) is 0 Å². The van der Waals surface area contributed by atoms with E-state index >= 15 is 0 Å². The highest BCUT2D eigenvalue weighted by molar-refractivity contribution is 6.10. The first kappa shape index (κ1) is 9.09. The summed E-state index contributed by atoms with van der Waals surface area (Å²) in [6.07, 6.45) is 1.61. The van der Waals surface area contributed by atoms with Crippen molar-refractivity contribution in [1.82, 2.24) is 4.98 Å². The predicted molar refractivity (Wildman–Crippen MR) is 58.4 cm³/mol. The van der Waals surface area contributed by atoms with E-state index < -0.39 is 0 Å². The fraction of sp³-hybridized carbons (Fsp3) is 0.0769. The maximum Gasteiger partial charge on any atom is 0.215 e. The van der Waals surface area contributed by atoms with E-state index in [2.05, 4.69) is 4.98 Å². The van der Waals surface area contributed by atoms with Crippen LogP contribution in [0.1, 0.15) is 21.6 Å². The Morgan fingerprint density at radius 1 is 1.12 bits per heavy atom. The standard InChI is InChI=1S/C13H9NO2/c15-13-10-5-2-1-4-9(10)8-16-11-6-3-7-14-12(11)13/h1-7H,8H2. The van der Waals surface area contributed by atoms with E-state index in [1.165, 1.54) is 0 Å². The van der Waals surface area contributed by atoms with E-state index in [9.17, 15) is 4.79 Å². The Labute approximate surface area is 92.7 Å². The molecular weight excluding hydrogens is 202 g/mol. The second kappa shape index (κ2) is 3.45. The number of nitrogens with zero attached hydrogens (tertiary/aromatic N) is 1. The van der Waals surface area contributed by atoms with Gasteiger partial charge in [0.05, 0.1) is 0 Å². The molecule has 1 aromatic carbocycles. The molecule has 1 aliphatic rings. The van der Waals surface area contributed by atoms with Gasteiger partial charge in [-0.3, -0.25) is 4.79 Å². The number of hydrogen-bond acceptors (Lipinski definition) is 3. The number of fused-ring (bicyclic) bond motifs is 2. The van der Waals surface area contributed by atoms with Crippen LogP contribution in [-0.4, -0.2) is 10.8 Å². The van der Waals surface area contributed by atoms with E-state index in [0.29, 0.717) is 23.6 Å². The number of carbonyl (C=O) groups excluding carboxylic acids is 1. The summed E-state index contributed by atoms with van der Waals surface area (Å²) in [6, 6.07) is 11.0. The molecule has 0 N–H and O–H groups in total. The molecule has 1 aromatic heterocycles. The second-order valence-electron chi connectivity index (χ2n) is 3.63. The van der Waals surface area contributed by atoms with Crippen LogP contribution in [0, 0.1) is 0 Å². The third-order valence-electron chi connectivity index (χ3n) is 2.63. The third kappa shape index (κ3) is 1.29. The van der Waals surface area contributed by atoms with E-state index in [0.717, 1.165) is 5.56 Å². The molecule has 0 spiro atoms. The minimum Gasteiger partial charge on any atom is -0.486 e. The van der Waals surface area contributed by atoms with Gasteiger partial charge in [-0.2, -0.15) is 0 Å². The average Bonchev–Trinajstić information content (AvgIpc) is 2.49. The normalized spacial score (nSPS) is 13.4. The largest absolute Gasteiger partial charge is 0.486 e. The Bertz CT molecular complexity index is 514. The molecule has 16 heavy (non-hydrogen) atoms. The van der Waals surface area contributed by atoms with Gasteiger partial charge in [0.15, 0.2) is 5.69 Å². The van der Waals surface area contributed by atoms with Crippen LogP contribution in [0.15, 0.2) is 42.6 Å². The summed E-state index contributed by atoms with van der Waals surface area (Å²) in [7, 11) is 0. The molecule has 0 atom stereocenters. The number of benzene rings is 1. The highest BCUT2D eigenvalue weighted by Gasteiger charge is 2.22. The smallest absolute Gasteiger partial charge is 0.215 e. The first-order chi connectivity index (χ1) is 7.86. The van der Waals surface area contributed by atoms with Gasteiger partial charge in [-0.1, -0.05) is 24.3 Å². The summed E-state index contributed by atoms with van der Waals surface area (Å²) in [4.78, 5) is 16.3. The predicted octanol–water partition coefficient (Wildman–Crippen LogP) is 2.21. The molecule has 0 fully saturated rings. The molecule has 2 aromatic rings. The Hall–Kier alpha value is -2.16. The zero-order chi connectivity index (χ0) is 11.0. The fourth-order valence-electron chi connectivity index (χ4n) is 1.83. The van der Waals surface area contributed by atoms with Gasteiger partial charge in [0.25, 0.3) is 0 Å². The molecule has 3 nitrogen and oxygen atoms in total. The molecular formula is C13H9NO2. The van der Waals surface area contributed by atoms with Crippen molar-refractivity contribution in [2.45, 2.75) is 6.61 Å². The molecule has 0 unspecified atom stereocenters. The van der Waals surface area contributed by atoms with Crippen molar-refractivity contribution in [3.8, 4) is 5.75 Å². The molecule has 3 rings (SSSR count). The second-order valence-corrected chi connectivity index (χ2v) is 3.63. The van der Waals surface area contributed by atoms with Crippen molar-refractivity contribution in [1.29, 1.82) is 0 Å². The summed E-state index contributed by atoms with van der Waals surface area (Å²) < 4.78 is 5.56. The van der Waals surface area contributed by atoms with Crippen molar-refractivity contribution >= 4 is 5.78 Å². The first-order valence-corrected chi connectivity index (χ1v) is 5.06. The number of ether oxygens (including phenoxy) is 1. The number of rotatable bonds is 0. The summed E-state index contributed by atoms with van der Waals surface area (Å²) in [5.41, 5.74) is 1.98. The highest BCUT2D eigenvalue weighted by atomic mass is 16.5. The monoisotopic (exact) mass is 211 g/mol. The van der Waals surface area contributed by atoms with E-state index in [1.807, 2.05) is 24.3 Å². The summed E-state index contributed by atoms with van der Waals surface area (Å²) in [6.45, 7) is 0.417. The summed E-state index contributed by atoms with van der Waals surface area (Å²) in [5, 5.41) is 0. The van der Waals surface area contributed by atoms with Crippen molar-refractivity contribution in [2.24, 2.45) is 0 Å². The molecule has 0 radical (unpaired) electrons. The average molecular weight is 211 g/mol. The maximum atomic E-state index is 12.2. The zero-order valence-corrected chi connectivity index (χ0v) is 8.51. The topological polar surface area (TPSA) is 39.2 Å². The van der Waals surface area contributed by atoms with Crippen LogP contribution < -0.4 is 4.74 Å². The first-order valence-electron chi connectivity index (χ1n) is 5.06. The molecule has 78 valence electrons. The Kier molecular flexibility index (Phi) is 1.96. The van der Waals surface area contributed by atoms with Crippen LogP contribution in [0.25, 0.3) is 0 Å². The number of hydrogen-bond donors (Lipinski definition) is 0. The number of ketones is 1. The lowest BCUT2D eigenvalue weighted by Gasteiger charge is -2.03. The molecule has 0 saturated carbocycles. The lowest BCUT2D eigenvalue weighted by Crippen LogP contribution is -2.04. The minimum absolute atomic E-state index is 0.0660. The van der Waals surface area contributed by atoms with E-state index in [4.69, 9.17) is 4.74 Å². The molecule has 0 amide bonds. The number of aromatic nitrogens is 1. The van der Waals surface area contributed by atoms with Crippen molar-refractivity contribution in [2.75, 3.05) is 0 Å².